The van der Waals surface area contributed by atoms with Crippen molar-refractivity contribution in [3.05, 3.63) is 42.2 Å². The van der Waals surface area contributed by atoms with Crippen LogP contribution in [0.15, 0.2) is 42.2 Å². The quantitative estimate of drug-likeness (QED) is 0.536. The molecule has 0 bridgehead atoms. The third-order valence-corrected chi connectivity index (χ3v) is 6.73. The van der Waals surface area contributed by atoms with Crippen molar-refractivity contribution in [2.24, 2.45) is 0 Å². The summed E-state index contributed by atoms with van der Waals surface area (Å²) in [6.07, 6.45) is 12.6. The number of hydrogen-bond acceptors (Lipinski definition) is 0. The second-order valence-corrected chi connectivity index (χ2v) is 8.00. The molecule has 1 heteroatoms. The van der Waals surface area contributed by atoms with Crippen LogP contribution in [-0.2, 0) is 19.2 Å². The molecule has 19 heavy (non-hydrogen) atoms. The standard InChI is InChI=1S/2C9H13.Ti/c2*1-3-5-9-7-4-6-8(9)2;/h2*6H,3-5H2,1-2H3;. The van der Waals surface area contributed by atoms with Gasteiger partial charge in [-0.25, -0.2) is 0 Å². The Bertz CT molecular complexity index is 428. The molecule has 0 aromatic heterocycles. The van der Waals surface area contributed by atoms with Crippen LogP contribution >= 0.6 is 0 Å². The molecule has 0 nitrogen and oxygen atoms in total. The van der Waals surface area contributed by atoms with Crippen LogP contribution in [0.2, 0.25) is 0 Å². The van der Waals surface area contributed by atoms with Gasteiger partial charge in [-0.15, -0.1) is 0 Å². The first-order chi connectivity index (χ1) is 9.17. The second-order valence-electron chi connectivity index (χ2n) is 5.72. The van der Waals surface area contributed by atoms with E-state index in [4.69, 9.17) is 0 Å². The summed E-state index contributed by atoms with van der Waals surface area (Å²) >= 11 is -0.0390. The molecule has 0 amide bonds. The molecule has 0 aromatic carbocycles. The molecule has 0 radical (unpaired) electrons. The van der Waals surface area contributed by atoms with Gasteiger partial charge in [0.2, 0.25) is 0 Å². The van der Waals surface area contributed by atoms with Gasteiger partial charge < -0.3 is 0 Å². The van der Waals surface area contributed by atoms with E-state index in [2.05, 4.69) is 39.8 Å². The van der Waals surface area contributed by atoms with Gasteiger partial charge in [0, 0.05) is 0 Å². The molecule has 0 heterocycles. The van der Waals surface area contributed by atoms with Crippen LogP contribution in [0, 0.1) is 0 Å². The molecule has 0 unspecified atom stereocenters. The molecular weight excluding hydrogens is 264 g/mol. The molecule has 0 fully saturated rings. The van der Waals surface area contributed by atoms with Crippen LogP contribution in [0.4, 0.5) is 0 Å². The second kappa shape index (κ2) is 6.91. The van der Waals surface area contributed by atoms with E-state index in [0.717, 1.165) is 0 Å². The van der Waals surface area contributed by atoms with Gasteiger partial charge in [-0.3, -0.25) is 0 Å². The molecule has 102 valence electrons. The zero-order chi connectivity index (χ0) is 13.8. The molecule has 0 spiro atoms. The van der Waals surface area contributed by atoms with Crippen LogP contribution < -0.4 is 0 Å². The van der Waals surface area contributed by atoms with Gasteiger partial charge in [-0.2, -0.15) is 0 Å². The van der Waals surface area contributed by atoms with Crippen molar-refractivity contribution in [2.75, 3.05) is 0 Å². The molecule has 0 atom stereocenters. The van der Waals surface area contributed by atoms with Crippen LogP contribution in [0.1, 0.15) is 66.2 Å². The van der Waals surface area contributed by atoms with Gasteiger partial charge >= 0.3 is 128 Å². The van der Waals surface area contributed by atoms with Gasteiger partial charge in [0.15, 0.2) is 0 Å². The fourth-order valence-corrected chi connectivity index (χ4v) is 5.79. The first kappa shape index (κ1) is 15.1. The summed E-state index contributed by atoms with van der Waals surface area (Å²) in [4.78, 5) is 0. The third kappa shape index (κ3) is 3.41. The predicted octanol–water partition coefficient (Wildman–Crippen LogP) is 5.88. The topological polar surface area (TPSA) is 0 Å². The molecule has 2 rings (SSSR count). The minimum atomic E-state index is -0.0390. The van der Waals surface area contributed by atoms with Crippen molar-refractivity contribution in [2.45, 2.75) is 66.2 Å². The van der Waals surface area contributed by atoms with Crippen LogP contribution in [0.5, 0.6) is 0 Å². The Morgan fingerprint density at radius 1 is 0.842 bits per heavy atom. The van der Waals surface area contributed by atoms with Gasteiger partial charge in [-0.05, 0) is 0 Å². The summed E-state index contributed by atoms with van der Waals surface area (Å²) < 4.78 is 3.65. The van der Waals surface area contributed by atoms with Gasteiger partial charge in [0.1, 0.15) is 0 Å². The Labute approximate surface area is 127 Å². The summed E-state index contributed by atoms with van der Waals surface area (Å²) in [7, 11) is 0. The minimum absolute atomic E-state index is 0.0390. The first-order valence-electron chi connectivity index (χ1n) is 7.72. The van der Waals surface area contributed by atoms with Crippen molar-refractivity contribution in [1.82, 2.24) is 0 Å². The molecule has 0 saturated heterocycles. The van der Waals surface area contributed by atoms with Crippen LogP contribution in [0.3, 0.4) is 0 Å². The van der Waals surface area contributed by atoms with E-state index >= 15 is 0 Å². The predicted molar refractivity (Wildman–Crippen MR) is 80.6 cm³/mol. The zero-order valence-electron chi connectivity index (χ0n) is 12.9. The van der Waals surface area contributed by atoms with E-state index < -0.39 is 0 Å². The summed E-state index contributed by atoms with van der Waals surface area (Å²) in [5.41, 5.74) is 6.58. The molecule has 2 aliphatic rings. The SMILES string of the molecule is CCCC1=[C]([Ti][C]2=C(CCC)C(C)=CC2)CC=C1C. The monoisotopic (exact) mass is 290 g/mol. The van der Waals surface area contributed by atoms with E-state index in [-0.39, 0.29) is 19.2 Å². The molecule has 0 N–H and O–H groups in total. The molecule has 0 saturated carbocycles. The van der Waals surface area contributed by atoms with E-state index in [1.807, 2.05) is 7.76 Å². The molecular formula is C18H26Ti. The number of hydrogen-bond donors (Lipinski definition) is 0. The summed E-state index contributed by atoms with van der Waals surface area (Å²) in [6.45, 7) is 9.23. The zero-order valence-corrected chi connectivity index (χ0v) is 14.5. The van der Waals surface area contributed by atoms with Crippen molar-refractivity contribution >= 4 is 0 Å². The average molecular weight is 290 g/mol. The maximum atomic E-state index is 2.46. The van der Waals surface area contributed by atoms with E-state index in [0.29, 0.717) is 0 Å². The Morgan fingerprint density at radius 3 is 1.63 bits per heavy atom. The van der Waals surface area contributed by atoms with E-state index in [1.54, 1.807) is 22.3 Å². The Balaban J connectivity index is 2.17. The summed E-state index contributed by atoms with van der Waals surface area (Å²) in [5, 5.41) is 0. The fraction of sp³-hybridized carbons (Fsp3) is 0.556. The normalized spacial score (nSPS) is 19.2. The average Bonchev–Trinajstić information content (AvgIpc) is 2.90. The molecule has 2 aliphatic carbocycles. The van der Waals surface area contributed by atoms with Crippen molar-refractivity contribution in [3.63, 3.8) is 0 Å². The third-order valence-electron chi connectivity index (χ3n) is 4.21. The van der Waals surface area contributed by atoms with Crippen LogP contribution in [-0.4, -0.2) is 0 Å². The fourth-order valence-electron chi connectivity index (χ4n) is 3.11. The van der Waals surface area contributed by atoms with Crippen molar-refractivity contribution in [1.29, 1.82) is 0 Å². The van der Waals surface area contributed by atoms with Gasteiger partial charge in [-0.1, -0.05) is 0 Å². The first-order valence-corrected chi connectivity index (χ1v) is 9.28. The van der Waals surface area contributed by atoms with Crippen molar-refractivity contribution < 1.29 is 19.2 Å². The van der Waals surface area contributed by atoms with Crippen molar-refractivity contribution in [3.8, 4) is 0 Å². The Hall–Kier alpha value is -0.326. The van der Waals surface area contributed by atoms with E-state index in [1.165, 1.54) is 38.5 Å². The van der Waals surface area contributed by atoms with Gasteiger partial charge in [0.05, 0.1) is 0 Å². The summed E-state index contributed by atoms with van der Waals surface area (Å²) in [6, 6.07) is 0. The molecule has 0 aromatic rings. The number of allylic oxidation sites excluding steroid dienone is 8. The Kier molecular flexibility index (Phi) is 5.48. The Morgan fingerprint density at radius 2 is 1.26 bits per heavy atom. The van der Waals surface area contributed by atoms with Crippen LogP contribution in [0.25, 0.3) is 0 Å². The maximum absolute atomic E-state index is 2.46. The number of rotatable bonds is 6. The van der Waals surface area contributed by atoms with E-state index in [9.17, 15) is 0 Å². The summed E-state index contributed by atoms with van der Waals surface area (Å²) in [5.74, 6) is 0. The molecule has 0 aliphatic heterocycles. The van der Waals surface area contributed by atoms with Gasteiger partial charge in [0.25, 0.3) is 0 Å².